The molecule has 1 aromatic rings. The lowest BCUT2D eigenvalue weighted by Crippen LogP contribution is -2.14. The fourth-order valence-electron chi connectivity index (χ4n) is 1.74. The topological polar surface area (TPSA) is 52.6 Å². The van der Waals surface area contributed by atoms with E-state index in [4.69, 9.17) is 14.2 Å². The molecule has 5 heteroatoms. The Balaban J connectivity index is 2.33. The zero-order valence-corrected chi connectivity index (χ0v) is 12.8. The van der Waals surface area contributed by atoms with E-state index in [1.54, 1.807) is 7.11 Å². The van der Waals surface area contributed by atoms with E-state index in [2.05, 4.69) is 23.3 Å². The highest BCUT2D eigenvalue weighted by molar-refractivity contribution is 5.24. The predicted molar refractivity (Wildman–Crippen MR) is 79.2 cm³/mol. The first-order chi connectivity index (χ1) is 9.76. The maximum absolute atomic E-state index is 5.61. The third-order valence-corrected chi connectivity index (χ3v) is 2.66. The van der Waals surface area contributed by atoms with E-state index in [-0.39, 0.29) is 0 Å². The molecule has 1 aromatic heterocycles. The van der Waals surface area contributed by atoms with Crippen LogP contribution in [-0.2, 0) is 16.0 Å². The normalized spacial score (nSPS) is 10.8. The summed E-state index contributed by atoms with van der Waals surface area (Å²) in [7, 11) is 1.66. The van der Waals surface area contributed by atoms with Crippen molar-refractivity contribution in [2.24, 2.45) is 0 Å². The monoisotopic (exact) mass is 282 g/mol. The van der Waals surface area contributed by atoms with Gasteiger partial charge < -0.3 is 19.5 Å². The van der Waals surface area contributed by atoms with Crippen molar-refractivity contribution in [3.8, 4) is 5.88 Å². The van der Waals surface area contributed by atoms with Gasteiger partial charge in [-0.2, -0.15) is 0 Å². The summed E-state index contributed by atoms with van der Waals surface area (Å²) in [5.74, 6) is 0.661. The molecule has 0 saturated carbocycles. The van der Waals surface area contributed by atoms with Crippen LogP contribution < -0.4 is 10.1 Å². The Labute approximate surface area is 121 Å². The highest BCUT2D eigenvalue weighted by Crippen LogP contribution is 2.12. The first kappa shape index (κ1) is 16.9. The number of methoxy groups -OCH3 is 1. The van der Waals surface area contributed by atoms with Crippen LogP contribution in [-0.4, -0.2) is 45.1 Å². The molecule has 1 N–H and O–H groups in total. The Morgan fingerprint density at radius 3 is 2.70 bits per heavy atom. The van der Waals surface area contributed by atoms with Gasteiger partial charge in [-0.15, -0.1) is 0 Å². The van der Waals surface area contributed by atoms with E-state index < -0.39 is 0 Å². The number of aromatic nitrogens is 1. The predicted octanol–water partition coefficient (Wildman–Crippen LogP) is 1.93. The van der Waals surface area contributed by atoms with Crippen LogP contribution in [0.2, 0.25) is 0 Å². The van der Waals surface area contributed by atoms with Crippen LogP contribution in [0.1, 0.15) is 24.6 Å². The summed E-state index contributed by atoms with van der Waals surface area (Å²) in [6, 6.07) is 4.05. The Hall–Kier alpha value is -1.17. The molecule has 0 unspecified atom stereocenters. The van der Waals surface area contributed by atoms with Crippen LogP contribution in [0.5, 0.6) is 5.88 Å². The van der Waals surface area contributed by atoms with Gasteiger partial charge in [0.25, 0.3) is 0 Å². The molecular formula is C15H26N2O3. The van der Waals surface area contributed by atoms with Gasteiger partial charge in [-0.05, 0) is 31.5 Å². The summed E-state index contributed by atoms with van der Waals surface area (Å²) in [5.41, 5.74) is 2.16. The zero-order valence-electron chi connectivity index (χ0n) is 12.8. The Morgan fingerprint density at radius 2 is 1.95 bits per heavy atom. The van der Waals surface area contributed by atoms with Gasteiger partial charge in [-0.3, -0.25) is 0 Å². The molecule has 114 valence electrons. The van der Waals surface area contributed by atoms with Gasteiger partial charge in [0.2, 0.25) is 5.88 Å². The third kappa shape index (κ3) is 7.43. The molecule has 5 nitrogen and oxygen atoms in total. The Kier molecular flexibility index (Phi) is 8.95. The second-order valence-electron chi connectivity index (χ2n) is 4.59. The van der Waals surface area contributed by atoms with Crippen LogP contribution in [0.4, 0.5) is 0 Å². The van der Waals surface area contributed by atoms with E-state index in [0.717, 1.165) is 25.2 Å². The Morgan fingerprint density at radius 1 is 1.15 bits per heavy atom. The first-order valence-corrected chi connectivity index (χ1v) is 7.14. The average molecular weight is 282 g/mol. The van der Waals surface area contributed by atoms with Crippen LogP contribution in [0, 0.1) is 6.92 Å². The molecule has 0 aliphatic heterocycles. The largest absolute Gasteiger partial charge is 0.475 e. The van der Waals surface area contributed by atoms with Crippen LogP contribution in [0.15, 0.2) is 12.1 Å². The van der Waals surface area contributed by atoms with Crippen LogP contribution in [0.25, 0.3) is 0 Å². The van der Waals surface area contributed by atoms with Gasteiger partial charge in [0, 0.05) is 25.4 Å². The number of rotatable bonds is 11. The van der Waals surface area contributed by atoms with E-state index >= 15 is 0 Å². The Bertz CT molecular complexity index is 372. The van der Waals surface area contributed by atoms with Gasteiger partial charge in [0.05, 0.1) is 19.8 Å². The van der Waals surface area contributed by atoms with Crippen molar-refractivity contribution in [1.29, 1.82) is 0 Å². The molecule has 0 aliphatic carbocycles. The fraction of sp³-hybridized carbons (Fsp3) is 0.667. The SMILES string of the molecule is CCCNCc1cc(C)nc(OCCOCCOC)c1. The maximum atomic E-state index is 5.61. The molecule has 0 spiro atoms. The second kappa shape index (κ2) is 10.6. The lowest BCUT2D eigenvalue weighted by atomic mass is 10.2. The van der Waals surface area contributed by atoms with Crippen LogP contribution >= 0.6 is 0 Å². The minimum atomic E-state index is 0.502. The fourth-order valence-corrected chi connectivity index (χ4v) is 1.74. The molecule has 20 heavy (non-hydrogen) atoms. The van der Waals surface area contributed by atoms with Gasteiger partial charge >= 0.3 is 0 Å². The summed E-state index contributed by atoms with van der Waals surface area (Å²) < 4.78 is 15.9. The van der Waals surface area contributed by atoms with E-state index in [1.807, 2.05) is 13.0 Å². The van der Waals surface area contributed by atoms with Gasteiger partial charge in [-0.25, -0.2) is 4.98 Å². The molecule has 0 radical (unpaired) electrons. The second-order valence-corrected chi connectivity index (χ2v) is 4.59. The number of hydrogen-bond donors (Lipinski definition) is 1. The minimum absolute atomic E-state index is 0.502. The van der Waals surface area contributed by atoms with E-state index in [9.17, 15) is 0 Å². The van der Waals surface area contributed by atoms with Crippen molar-refractivity contribution in [1.82, 2.24) is 10.3 Å². The minimum Gasteiger partial charge on any atom is -0.475 e. The number of aryl methyl sites for hydroxylation is 1. The highest BCUT2D eigenvalue weighted by Gasteiger charge is 2.01. The average Bonchev–Trinajstić information content (AvgIpc) is 2.42. The quantitative estimate of drug-likeness (QED) is 0.629. The molecule has 0 fully saturated rings. The number of ether oxygens (including phenoxy) is 3. The molecule has 0 saturated heterocycles. The van der Waals surface area contributed by atoms with Gasteiger partial charge in [0.1, 0.15) is 6.61 Å². The highest BCUT2D eigenvalue weighted by atomic mass is 16.5. The molecule has 0 aromatic carbocycles. The molecule has 0 amide bonds. The van der Waals surface area contributed by atoms with Crippen molar-refractivity contribution in [3.63, 3.8) is 0 Å². The van der Waals surface area contributed by atoms with Crippen molar-refractivity contribution >= 4 is 0 Å². The molecule has 1 rings (SSSR count). The smallest absolute Gasteiger partial charge is 0.213 e. The van der Waals surface area contributed by atoms with Gasteiger partial charge in [0.15, 0.2) is 0 Å². The molecular weight excluding hydrogens is 256 g/mol. The number of pyridine rings is 1. The number of nitrogens with one attached hydrogen (secondary N) is 1. The summed E-state index contributed by atoms with van der Waals surface area (Å²) in [6.07, 6.45) is 1.13. The van der Waals surface area contributed by atoms with Gasteiger partial charge in [-0.1, -0.05) is 6.92 Å². The lowest BCUT2D eigenvalue weighted by molar-refractivity contribution is 0.0536. The van der Waals surface area contributed by atoms with Crippen molar-refractivity contribution in [2.45, 2.75) is 26.8 Å². The zero-order chi connectivity index (χ0) is 14.6. The van der Waals surface area contributed by atoms with Crippen molar-refractivity contribution < 1.29 is 14.2 Å². The molecule has 0 bridgehead atoms. The maximum Gasteiger partial charge on any atom is 0.213 e. The molecule has 0 atom stereocenters. The first-order valence-electron chi connectivity index (χ1n) is 7.14. The number of hydrogen-bond acceptors (Lipinski definition) is 5. The number of nitrogens with zero attached hydrogens (tertiary/aromatic N) is 1. The summed E-state index contributed by atoms with van der Waals surface area (Å²) in [5, 5.41) is 3.37. The summed E-state index contributed by atoms with van der Waals surface area (Å²) >= 11 is 0. The van der Waals surface area contributed by atoms with Crippen molar-refractivity contribution in [2.75, 3.05) is 40.1 Å². The standard InChI is InChI=1S/C15H26N2O3/c1-4-5-16-12-14-10-13(2)17-15(11-14)20-9-8-19-7-6-18-3/h10-11,16H,4-9,12H2,1-3H3. The van der Waals surface area contributed by atoms with Crippen molar-refractivity contribution in [3.05, 3.63) is 23.4 Å². The molecule has 0 aliphatic rings. The third-order valence-electron chi connectivity index (χ3n) is 2.66. The summed E-state index contributed by atoms with van der Waals surface area (Å²) in [4.78, 5) is 4.37. The van der Waals surface area contributed by atoms with Crippen LogP contribution in [0.3, 0.4) is 0 Å². The molecule has 1 heterocycles. The lowest BCUT2D eigenvalue weighted by Gasteiger charge is -2.09. The van der Waals surface area contributed by atoms with E-state index in [0.29, 0.717) is 32.3 Å². The van der Waals surface area contributed by atoms with E-state index in [1.165, 1.54) is 5.56 Å². The summed E-state index contributed by atoms with van der Waals surface area (Å²) in [6.45, 7) is 8.24.